The predicted molar refractivity (Wildman–Crippen MR) is 171 cm³/mol. The van der Waals surface area contributed by atoms with Crippen molar-refractivity contribution in [2.24, 2.45) is 0 Å². The van der Waals surface area contributed by atoms with Gasteiger partial charge >= 0.3 is 0 Å². The zero-order valence-corrected chi connectivity index (χ0v) is 25.6. The number of anilines is 2. The molecule has 2 heterocycles. The number of rotatable bonds is 7. The highest BCUT2D eigenvalue weighted by Gasteiger charge is 2.26. The van der Waals surface area contributed by atoms with Gasteiger partial charge in [-0.05, 0) is 85.7 Å². The van der Waals surface area contributed by atoms with Gasteiger partial charge in [0, 0.05) is 43.3 Å². The fraction of sp³-hybridized carbons (Fsp3) is 0.353. The minimum atomic E-state index is -3.92. The second kappa shape index (κ2) is 12.2. The van der Waals surface area contributed by atoms with E-state index in [0.29, 0.717) is 47.9 Å². The van der Waals surface area contributed by atoms with Gasteiger partial charge in [0.1, 0.15) is 10.6 Å². The maximum atomic E-state index is 13.7. The number of carbonyl (C=O) groups is 1. The van der Waals surface area contributed by atoms with Crippen LogP contribution in [-0.4, -0.2) is 57.5 Å². The number of nitrogens with zero attached hydrogens (tertiary/aromatic N) is 3. The van der Waals surface area contributed by atoms with Crippen LogP contribution >= 0.6 is 0 Å². The molecule has 3 aromatic carbocycles. The molecule has 8 nitrogen and oxygen atoms in total. The van der Waals surface area contributed by atoms with Gasteiger partial charge in [0.05, 0.1) is 24.0 Å². The fourth-order valence-corrected chi connectivity index (χ4v) is 7.82. The number of hydrogen-bond donors (Lipinski definition) is 1. The van der Waals surface area contributed by atoms with E-state index in [0.717, 1.165) is 42.6 Å². The van der Waals surface area contributed by atoms with Gasteiger partial charge in [-0.1, -0.05) is 37.1 Å². The number of para-hydroxylation sites is 2. The highest BCUT2D eigenvalue weighted by Crippen LogP contribution is 2.39. The second-order valence-electron chi connectivity index (χ2n) is 11.5. The average Bonchev–Trinajstić information content (AvgIpc) is 3.45. The van der Waals surface area contributed by atoms with Crippen molar-refractivity contribution in [2.75, 3.05) is 42.9 Å². The van der Waals surface area contributed by atoms with Crippen molar-refractivity contribution in [3.8, 4) is 5.75 Å². The van der Waals surface area contributed by atoms with Crippen molar-refractivity contribution in [1.82, 2.24) is 9.88 Å². The molecular weight excluding hydrogens is 560 g/mol. The minimum absolute atomic E-state index is 0.0583. The molecule has 1 aliphatic heterocycles. The molecule has 1 saturated carbocycles. The lowest BCUT2D eigenvalue weighted by molar-refractivity contribution is 0.0767. The molecular formula is C34H38N4O4S. The normalized spacial score (nSPS) is 16.3. The van der Waals surface area contributed by atoms with Crippen LogP contribution in [0.25, 0.3) is 10.9 Å². The molecule has 2 aliphatic rings. The molecule has 0 radical (unpaired) electrons. The van der Waals surface area contributed by atoms with E-state index in [9.17, 15) is 13.2 Å². The molecule has 1 aliphatic carbocycles. The van der Waals surface area contributed by atoms with Crippen molar-refractivity contribution >= 4 is 38.2 Å². The number of hydrogen-bond acceptors (Lipinski definition) is 6. The quantitative estimate of drug-likeness (QED) is 0.266. The van der Waals surface area contributed by atoms with Crippen molar-refractivity contribution in [3.05, 3.63) is 89.6 Å². The van der Waals surface area contributed by atoms with Crippen LogP contribution in [0.4, 0.5) is 11.4 Å². The van der Waals surface area contributed by atoms with Crippen LogP contribution in [0, 0.1) is 6.92 Å². The molecule has 9 heteroatoms. The Kier molecular flexibility index (Phi) is 8.25. The number of aromatic nitrogens is 1. The minimum Gasteiger partial charge on any atom is -0.495 e. The van der Waals surface area contributed by atoms with Crippen LogP contribution in [0.1, 0.15) is 59.5 Å². The van der Waals surface area contributed by atoms with E-state index in [1.807, 2.05) is 54.3 Å². The van der Waals surface area contributed by atoms with Gasteiger partial charge in [-0.3, -0.25) is 14.5 Å². The molecule has 4 aromatic rings. The second-order valence-corrected chi connectivity index (χ2v) is 13.1. The maximum Gasteiger partial charge on any atom is 0.264 e. The van der Waals surface area contributed by atoms with Crippen LogP contribution in [0.2, 0.25) is 0 Å². The number of amides is 1. The van der Waals surface area contributed by atoms with Gasteiger partial charge in [-0.25, -0.2) is 8.42 Å². The number of carbonyl (C=O) groups excluding carboxylic acids is 1. The molecule has 6 rings (SSSR count). The standard InChI is InChI=1S/C34H38N4O4S/c1-24-23-26(34(39)38-20-8-19-37(21-22-38)30-12-5-6-13-31(30)42-2)14-16-29(24)36-43(40,41)32-17-15-27(25-9-3-4-10-25)28-11-7-18-35-33(28)32/h5-7,11-18,23,25,36H,3-4,8-10,19-22H2,1-2H3. The number of aryl methyl sites for hydroxylation is 1. The smallest absolute Gasteiger partial charge is 0.264 e. The molecule has 1 aromatic heterocycles. The number of pyridine rings is 1. The lowest BCUT2D eigenvalue weighted by Gasteiger charge is -2.25. The Labute approximate surface area is 253 Å². The third kappa shape index (κ3) is 5.91. The summed E-state index contributed by atoms with van der Waals surface area (Å²) in [6, 6.07) is 20.6. The number of methoxy groups -OCH3 is 1. The number of fused-ring (bicyclic) bond motifs is 1. The topological polar surface area (TPSA) is 91.8 Å². The first-order valence-corrected chi connectivity index (χ1v) is 16.5. The summed E-state index contributed by atoms with van der Waals surface area (Å²) in [6.07, 6.45) is 7.12. The predicted octanol–water partition coefficient (Wildman–Crippen LogP) is 6.36. The Hall–Kier alpha value is -4.11. The Morgan fingerprint density at radius 1 is 0.930 bits per heavy atom. The number of ether oxygens (including phenoxy) is 1. The SMILES string of the molecule is COc1ccccc1N1CCCN(C(=O)c2ccc(NS(=O)(=O)c3ccc(C4CCCC4)c4cccnc34)c(C)c2)CC1. The summed E-state index contributed by atoms with van der Waals surface area (Å²) < 4.78 is 35.6. The van der Waals surface area contributed by atoms with E-state index < -0.39 is 10.0 Å². The number of benzene rings is 3. The first-order valence-electron chi connectivity index (χ1n) is 15.0. The average molecular weight is 599 g/mol. The Morgan fingerprint density at radius 2 is 1.74 bits per heavy atom. The highest BCUT2D eigenvalue weighted by molar-refractivity contribution is 7.93. The Morgan fingerprint density at radius 3 is 2.53 bits per heavy atom. The summed E-state index contributed by atoms with van der Waals surface area (Å²) in [5.74, 6) is 1.21. The first-order chi connectivity index (χ1) is 20.9. The molecule has 1 amide bonds. The monoisotopic (exact) mass is 598 g/mol. The first kappa shape index (κ1) is 29.0. The largest absolute Gasteiger partial charge is 0.495 e. The molecule has 0 unspecified atom stereocenters. The van der Waals surface area contributed by atoms with Gasteiger partial charge in [0.2, 0.25) is 0 Å². The summed E-state index contributed by atoms with van der Waals surface area (Å²) in [5, 5.41) is 0.900. The van der Waals surface area contributed by atoms with E-state index in [2.05, 4.69) is 14.6 Å². The van der Waals surface area contributed by atoms with Gasteiger partial charge in [-0.15, -0.1) is 0 Å². The van der Waals surface area contributed by atoms with E-state index in [4.69, 9.17) is 4.74 Å². The lowest BCUT2D eigenvalue weighted by Crippen LogP contribution is -2.35. The van der Waals surface area contributed by atoms with Crippen molar-refractivity contribution in [1.29, 1.82) is 0 Å². The maximum absolute atomic E-state index is 13.7. The highest BCUT2D eigenvalue weighted by atomic mass is 32.2. The summed E-state index contributed by atoms with van der Waals surface area (Å²) >= 11 is 0. The van der Waals surface area contributed by atoms with Gasteiger partial charge in [0.15, 0.2) is 0 Å². The van der Waals surface area contributed by atoms with Crippen LogP contribution in [-0.2, 0) is 10.0 Å². The molecule has 0 atom stereocenters. The van der Waals surface area contributed by atoms with Crippen molar-refractivity contribution in [2.45, 2.75) is 49.8 Å². The summed E-state index contributed by atoms with van der Waals surface area (Å²) in [6.45, 7) is 4.58. The Balaban J connectivity index is 1.19. The summed E-state index contributed by atoms with van der Waals surface area (Å²) in [4.78, 5) is 22.3. The fourth-order valence-electron chi connectivity index (χ4n) is 6.52. The zero-order valence-electron chi connectivity index (χ0n) is 24.8. The molecule has 0 spiro atoms. The van der Waals surface area contributed by atoms with Crippen LogP contribution in [0.3, 0.4) is 0 Å². The molecule has 1 N–H and O–H groups in total. The van der Waals surface area contributed by atoms with Crippen LogP contribution in [0.5, 0.6) is 5.75 Å². The van der Waals surface area contributed by atoms with E-state index in [1.165, 1.54) is 18.4 Å². The van der Waals surface area contributed by atoms with Crippen molar-refractivity contribution in [3.63, 3.8) is 0 Å². The summed E-state index contributed by atoms with van der Waals surface area (Å²) in [7, 11) is -2.25. The van der Waals surface area contributed by atoms with E-state index in [-0.39, 0.29) is 10.8 Å². The summed E-state index contributed by atoms with van der Waals surface area (Å²) in [5.41, 5.74) is 4.37. The molecule has 1 saturated heterocycles. The van der Waals surface area contributed by atoms with E-state index in [1.54, 1.807) is 37.6 Å². The van der Waals surface area contributed by atoms with E-state index >= 15 is 0 Å². The molecule has 43 heavy (non-hydrogen) atoms. The Bertz CT molecular complexity index is 1750. The molecule has 2 fully saturated rings. The third-order valence-corrected chi connectivity index (χ3v) is 10.2. The molecule has 0 bridgehead atoms. The van der Waals surface area contributed by atoms with Gasteiger partial charge < -0.3 is 14.5 Å². The number of sulfonamides is 1. The third-order valence-electron chi connectivity index (χ3n) is 8.78. The van der Waals surface area contributed by atoms with Crippen molar-refractivity contribution < 1.29 is 17.9 Å². The zero-order chi connectivity index (χ0) is 30.0. The van der Waals surface area contributed by atoms with Gasteiger partial charge in [-0.2, -0.15) is 0 Å². The molecule has 224 valence electrons. The van der Waals surface area contributed by atoms with Crippen LogP contribution < -0.4 is 14.4 Å². The van der Waals surface area contributed by atoms with Gasteiger partial charge in [0.25, 0.3) is 15.9 Å². The lowest BCUT2D eigenvalue weighted by atomic mass is 9.94. The number of nitrogens with one attached hydrogen (secondary N) is 1. The van der Waals surface area contributed by atoms with Crippen LogP contribution in [0.15, 0.2) is 77.8 Å².